The zero-order valence-electron chi connectivity index (χ0n) is 25.3. The summed E-state index contributed by atoms with van der Waals surface area (Å²) >= 11 is 0. The molecule has 0 aliphatic heterocycles. The smallest absolute Gasteiger partial charge is 0.220 e. The third kappa shape index (κ3) is 25.4. The molecule has 0 aromatic heterocycles. The minimum Gasteiger partial charge on any atom is -0.394 e. The van der Waals surface area contributed by atoms with Crippen LogP contribution >= 0.6 is 0 Å². The van der Waals surface area contributed by atoms with E-state index in [4.69, 9.17) is 0 Å². The summed E-state index contributed by atoms with van der Waals surface area (Å²) in [5.41, 5.74) is 0. The predicted octanol–water partition coefficient (Wildman–Crippen LogP) is 8.14. The van der Waals surface area contributed by atoms with Gasteiger partial charge in [-0.1, -0.05) is 161 Å². The van der Waals surface area contributed by atoms with Gasteiger partial charge in [0.05, 0.1) is 24.9 Å². The van der Waals surface area contributed by atoms with Crippen LogP contribution in [0.2, 0.25) is 0 Å². The molecule has 0 bridgehead atoms. The van der Waals surface area contributed by atoms with E-state index in [-0.39, 0.29) is 12.5 Å². The first-order chi connectivity index (χ1) is 18.5. The van der Waals surface area contributed by atoms with E-state index < -0.39 is 18.2 Å². The van der Waals surface area contributed by atoms with Gasteiger partial charge in [-0.05, 0) is 12.8 Å². The normalized spacial score (nSPS) is 14.1. The number of aliphatic hydroxyl groups is 3. The van der Waals surface area contributed by atoms with E-state index >= 15 is 0 Å². The summed E-state index contributed by atoms with van der Waals surface area (Å²) < 4.78 is 0. The molecule has 5 heteroatoms. The molecule has 0 rings (SSSR count). The van der Waals surface area contributed by atoms with Crippen LogP contribution in [0.4, 0.5) is 0 Å². The van der Waals surface area contributed by atoms with Gasteiger partial charge in [0.25, 0.3) is 0 Å². The van der Waals surface area contributed by atoms with Crippen LogP contribution < -0.4 is 5.32 Å². The molecule has 226 valence electrons. The molecular formula is C33H65NO4. The van der Waals surface area contributed by atoms with Gasteiger partial charge in [-0.25, -0.2) is 0 Å². The number of carbonyl (C=O) groups excluding carboxylic acids is 1. The van der Waals surface area contributed by atoms with Gasteiger partial charge in [0.2, 0.25) is 5.91 Å². The standard InChI is InChI=1S/C33H65NO4/c1-3-5-7-9-11-13-15-16-18-20-22-24-26-33(38)34-31(29-35)32(37)28-27-30(36)25-23-21-19-17-14-12-10-8-6-4-2/h27-28,30-32,35-37H,3-26,29H2,1-2H3,(H,34,38)/b28-27+. The second-order valence-corrected chi connectivity index (χ2v) is 11.4. The molecule has 0 radical (unpaired) electrons. The van der Waals surface area contributed by atoms with Crippen LogP contribution in [0.3, 0.4) is 0 Å². The van der Waals surface area contributed by atoms with Crippen LogP contribution in [0, 0.1) is 0 Å². The van der Waals surface area contributed by atoms with Crippen molar-refractivity contribution in [3.05, 3.63) is 12.2 Å². The summed E-state index contributed by atoms with van der Waals surface area (Å²) in [7, 11) is 0. The molecule has 4 N–H and O–H groups in total. The van der Waals surface area contributed by atoms with E-state index in [2.05, 4.69) is 19.2 Å². The largest absolute Gasteiger partial charge is 0.394 e. The Kier molecular flexibility index (Phi) is 28.4. The lowest BCUT2D eigenvalue weighted by Crippen LogP contribution is -2.45. The fraction of sp³-hybridized carbons (Fsp3) is 0.909. The number of amides is 1. The molecule has 0 aromatic carbocycles. The maximum atomic E-state index is 12.2. The Morgan fingerprint density at radius 3 is 1.42 bits per heavy atom. The van der Waals surface area contributed by atoms with Crippen LogP contribution in [-0.2, 0) is 4.79 Å². The second-order valence-electron chi connectivity index (χ2n) is 11.4. The van der Waals surface area contributed by atoms with Gasteiger partial charge in [-0.2, -0.15) is 0 Å². The first kappa shape index (κ1) is 37.1. The lowest BCUT2D eigenvalue weighted by atomic mass is 10.0. The van der Waals surface area contributed by atoms with E-state index in [1.165, 1.54) is 115 Å². The number of nitrogens with one attached hydrogen (secondary N) is 1. The van der Waals surface area contributed by atoms with Gasteiger partial charge in [0.15, 0.2) is 0 Å². The van der Waals surface area contributed by atoms with Crippen molar-refractivity contribution in [2.75, 3.05) is 6.61 Å². The first-order valence-electron chi connectivity index (χ1n) is 16.5. The topological polar surface area (TPSA) is 89.8 Å². The van der Waals surface area contributed by atoms with Crippen molar-refractivity contribution in [2.24, 2.45) is 0 Å². The fourth-order valence-corrected chi connectivity index (χ4v) is 4.96. The Balaban J connectivity index is 3.79. The van der Waals surface area contributed by atoms with Crippen molar-refractivity contribution in [3.63, 3.8) is 0 Å². The van der Waals surface area contributed by atoms with Crippen molar-refractivity contribution in [1.82, 2.24) is 5.32 Å². The maximum Gasteiger partial charge on any atom is 0.220 e. The van der Waals surface area contributed by atoms with Gasteiger partial charge in [0, 0.05) is 6.42 Å². The first-order valence-corrected chi connectivity index (χ1v) is 16.5. The molecule has 0 aliphatic rings. The highest BCUT2D eigenvalue weighted by atomic mass is 16.3. The molecule has 0 aromatic rings. The number of hydrogen-bond acceptors (Lipinski definition) is 4. The zero-order valence-corrected chi connectivity index (χ0v) is 25.3. The molecule has 5 nitrogen and oxygen atoms in total. The lowest BCUT2D eigenvalue weighted by Gasteiger charge is -2.20. The fourth-order valence-electron chi connectivity index (χ4n) is 4.96. The molecular weight excluding hydrogens is 474 g/mol. The molecule has 0 heterocycles. The number of unbranched alkanes of at least 4 members (excludes halogenated alkanes) is 20. The van der Waals surface area contributed by atoms with Crippen LogP contribution in [0.15, 0.2) is 12.2 Å². The molecule has 0 fully saturated rings. The Bertz CT molecular complexity index is 525. The number of carbonyl (C=O) groups is 1. The summed E-state index contributed by atoms with van der Waals surface area (Å²) in [5, 5.41) is 32.9. The summed E-state index contributed by atoms with van der Waals surface area (Å²) in [6.07, 6.45) is 30.2. The third-order valence-electron chi connectivity index (χ3n) is 7.60. The number of rotatable bonds is 29. The van der Waals surface area contributed by atoms with E-state index in [9.17, 15) is 20.1 Å². The van der Waals surface area contributed by atoms with Gasteiger partial charge in [0.1, 0.15) is 0 Å². The monoisotopic (exact) mass is 539 g/mol. The molecule has 0 saturated carbocycles. The van der Waals surface area contributed by atoms with Gasteiger partial charge >= 0.3 is 0 Å². The molecule has 38 heavy (non-hydrogen) atoms. The lowest BCUT2D eigenvalue weighted by molar-refractivity contribution is -0.123. The van der Waals surface area contributed by atoms with Crippen molar-refractivity contribution >= 4 is 5.91 Å². The van der Waals surface area contributed by atoms with E-state index in [0.717, 1.165) is 32.1 Å². The van der Waals surface area contributed by atoms with Crippen LogP contribution in [0.5, 0.6) is 0 Å². The molecule has 1 amide bonds. The summed E-state index contributed by atoms with van der Waals surface area (Å²) in [5.74, 6) is -0.130. The minimum atomic E-state index is -1.01. The minimum absolute atomic E-state index is 0.130. The van der Waals surface area contributed by atoms with E-state index in [1.54, 1.807) is 6.08 Å². The molecule has 0 aliphatic carbocycles. The molecule has 3 unspecified atom stereocenters. The van der Waals surface area contributed by atoms with Gasteiger partial charge < -0.3 is 20.6 Å². The quantitative estimate of drug-likeness (QED) is 0.0570. The second kappa shape index (κ2) is 29.1. The van der Waals surface area contributed by atoms with Crippen molar-refractivity contribution in [3.8, 4) is 0 Å². The highest BCUT2D eigenvalue weighted by molar-refractivity contribution is 5.76. The van der Waals surface area contributed by atoms with Crippen LogP contribution in [-0.4, -0.2) is 46.1 Å². The van der Waals surface area contributed by atoms with Crippen molar-refractivity contribution < 1.29 is 20.1 Å². The Morgan fingerprint density at radius 1 is 0.605 bits per heavy atom. The maximum absolute atomic E-state index is 12.2. The average Bonchev–Trinajstić information content (AvgIpc) is 2.92. The summed E-state index contributed by atoms with van der Waals surface area (Å²) in [4.78, 5) is 12.2. The zero-order chi connectivity index (χ0) is 28.1. The third-order valence-corrected chi connectivity index (χ3v) is 7.60. The Morgan fingerprint density at radius 2 is 1.00 bits per heavy atom. The SMILES string of the molecule is CCCCCCCCCCCCCCC(=O)NC(CO)C(O)/C=C/C(O)CCCCCCCCCCCC. The van der Waals surface area contributed by atoms with Gasteiger partial charge in [-0.3, -0.25) is 4.79 Å². The van der Waals surface area contributed by atoms with Crippen LogP contribution in [0.25, 0.3) is 0 Å². The highest BCUT2D eigenvalue weighted by Crippen LogP contribution is 2.14. The van der Waals surface area contributed by atoms with Crippen molar-refractivity contribution in [1.29, 1.82) is 0 Å². The predicted molar refractivity (Wildman–Crippen MR) is 162 cm³/mol. The molecule has 0 spiro atoms. The average molecular weight is 540 g/mol. The molecule has 0 saturated heterocycles. The summed E-state index contributed by atoms with van der Waals surface area (Å²) in [6, 6.07) is -0.736. The molecule has 3 atom stereocenters. The van der Waals surface area contributed by atoms with E-state index in [0.29, 0.717) is 12.8 Å². The van der Waals surface area contributed by atoms with Gasteiger partial charge in [-0.15, -0.1) is 0 Å². The number of hydrogen-bond donors (Lipinski definition) is 4. The summed E-state index contributed by atoms with van der Waals surface area (Å²) in [6.45, 7) is 4.17. The number of aliphatic hydroxyl groups excluding tert-OH is 3. The van der Waals surface area contributed by atoms with Crippen LogP contribution in [0.1, 0.15) is 168 Å². The Hall–Kier alpha value is -0.910. The van der Waals surface area contributed by atoms with Crippen molar-refractivity contribution in [2.45, 2.75) is 186 Å². The Labute approximate surface area is 236 Å². The highest BCUT2D eigenvalue weighted by Gasteiger charge is 2.18. The van der Waals surface area contributed by atoms with E-state index in [1.807, 2.05) is 0 Å².